The van der Waals surface area contributed by atoms with Gasteiger partial charge in [0.2, 0.25) is 0 Å². The first-order valence-electron chi connectivity index (χ1n) is 7.40. The first kappa shape index (κ1) is 17.0. The van der Waals surface area contributed by atoms with Gasteiger partial charge >= 0.3 is 6.09 Å². The highest BCUT2D eigenvalue weighted by molar-refractivity contribution is 5.67. The van der Waals surface area contributed by atoms with Crippen molar-refractivity contribution < 1.29 is 19.4 Å². The van der Waals surface area contributed by atoms with Crippen LogP contribution in [0, 0.1) is 0 Å². The molecule has 2 aromatic carbocycles. The van der Waals surface area contributed by atoms with E-state index in [1.807, 2.05) is 48.5 Å². The molecule has 5 nitrogen and oxygen atoms in total. The van der Waals surface area contributed by atoms with Gasteiger partial charge in [0, 0.05) is 7.11 Å². The molecule has 2 N–H and O–H groups in total. The molecule has 2 rings (SSSR count). The summed E-state index contributed by atoms with van der Waals surface area (Å²) in [6.45, 7) is 0.351. The highest BCUT2D eigenvalue weighted by Crippen LogP contribution is 2.17. The van der Waals surface area contributed by atoms with E-state index in [0.717, 1.165) is 5.56 Å². The molecule has 23 heavy (non-hydrogen) atoms. The predicted octanol–water partition coefficient (Wildman–Crippen LogP) is 2.66. The Balaban J connectivity index is 1.91. The Hall–Kier alpha value is -2.37. The number of carbonyl (C=O) groups is 1. The maximum Gasteiger partial charge on any atom is 0.407 e. The molecular weight excluding hydrogens is 294 g/mol. The van der Waals surface area contributed by atoms with Gasteiger partial charge in [-0.15, -0.1) is 0 Å². The van der Waals surface area contributed by atoms with Crippen molar-refractivity contribution in [2.45, 2.75) is 18.8 Å². The van der Waals surface area contributed by atoms with Crippen molar-refractivity contribution in [2.24, 2.45) is 0 Å². The quantitative estimate of drug-likeness (QED) is 0.824. The lowest BCUT2D eigenvalue weighted by atomic mass is 10.0. The number of amides is 1. The summed E-state index contributed by atoms with van der Waals surface area (Å²) in [6, 6.07) is 17.9. The Labute approximate surface area is 135 Å². The lowest BCUT2D eigenvalue weighted by molar-refractivity contribution is 0.0611. The number of aliphatic hydroxyl groups is 1. The van der Waals surface area contributed by atoms with Crippen molar-refractivity contribution in [1.29, 1.82) is 0 Å². The molecule has 0 radical (unpaired) electrons. The molecule has 1 amide bonds. The van der Waals surface area contributed by atoms with Crippen molar-refractivity contribution >= 4 is 6.09 Å². The van der Waals surface area contributed by atoms with Gasteiger partial charge in [-0.1, -0.05) is 60.7 Å². The molecule has 0 saturated heterocycles. The highest BCUT2D eigenvalue weighted by atomic mass is 16.5. The third kappa shape index (κ3) is 5.39. The maximum atomic E-state index is 11.9. The fourth-order valence-corrected chi connectivity index (χ4v) is 2.19. The van der Waals surface area contributed by atoms with Crippen LogP contribution in [0.25, 0.3) is 0 Å². The van der Waals surface area contributed by atoms with E-state index in [1.165, 1.54) is 7.11 Å². The first-order valence-corrected chi connectivity index (χ1v) is 7.40. The Bertz CT molecular complexity index is 588. The minimum atomic E-state index is -0.875. The first-order chi connectivity index (χ1) is 11.2. The third-order valence-electron chi connectivity index (χ3n) is 3.38. The number of hydrogen-bond donors (Lipinski definition) is 2. The van der Waals surface area contributed by atoms with Crippen LogP contribution in [0.5, 0.6) is 0 Å². The summed E-state index contributed by atoms with van der Waals surface area (Å²) in [7, 11) is 1.52. The van der Waals surface area contributed by atoms with E-state index in [-0.39, 0.29) is 13.2 Å². The zero-order valence-electron chi connectivity index (χ0n) is 13.0. The summed E-state index contributed by atoms with van der Waals surface area (Å²) in [6.07, 6.45) is -1.47. The minimum Gasteiger partial charge on any atom is -0.445 e. The molecule has 0 saturated carbocycles. The van der Waals surface area contributed by atoms with Gasteiger partial charge in [0.25, 0.3) is 0 Å². The molecule has 2 aromatic rings. The van der Waals surface area contributed by atoms with Crippen LogP contribution in [0.1, 0.15) is 17.2 Å². The van der Waals surface area contributed by atoms with Crippen LogP contribution in [0.2, 0.25) is 0 Å². The number of hydrogen-bond acceptors (Lipinski definition) is 4. The Morgan fingerprint density at radius 2 is 1.70 bits per heavy atom. The maximum absolute atomic E-state index is 11.9. The number of rotatable bonds is 7. The van der Waals surface area contributed by atoms with Crippen LogP contribution >= 0.6 is 0 Å². The Kier molecular flexibility index (Phi) is 6.59. The predicted molar refractivity (Wildman–Crippen MR) is 86.8 cm³/mol. The van der Waals surface area contributed by atoms with Crippen LogP contribution in [0.3, 0.4) is 0 Å². The van der Waals surface area contributed by atoms with Gasteiger partial charge in [-0.25, -0.2) is 4.79 Å². The van der Waals surface area contributed by atoms with Crippen molar-refractivity contribution in [3.8, 4) is 0 Å². The fourth-order valence-electron chi connectivity index (χ4n) is 2.19. The zero-order chi connectivity index (χ0) is 16.5. The standard InChI is InChI=1S/C18H21NO4/c1-22-13-16(17(20)15-10-6-3-7-11-15)19-18(21)23-12-14-8-4-2-5-9-14/h2-11,16-17,20H,12-13H2,1H3,(H,19,21)/t16-,17-/m1/s1. The number of benzene rings is 2. The molecule has 122 valence electrons. The number of alkyl carbamates (subject to hydrolysis) is 1. The lowest BCUT2D eigenvalue weighted by Crippen LogP contribution is -2.42. The van der Waals surface area contributed by atoms with Gasteiger partial charge in [-0.3, -0.25) is 0 Å². The molecule has 0 unspecified atom stereocenters. The number of nitrogens with one attached hydrogen (secondary N) is 1. The fraction of sp³-hybridized carbons (Fsp3) is 0.278. The number of aliphatic hydroxyl groups excluding tert-OH is 1. The van der Waals surface area contributed by atoms with Crippen molar-refractivity contribution in [3.05, 3.63) is 71.8 Å². The molecule has 0 fully saturated rings. The second-order valence-corrected chi connectivity index (χ2v) is 5.12. The number of methoxy groups -OCH3 is 1. The average molecular weight is 315 g/mol. The molecule has 2 atom stereocenters. The average Bonchev–Trinajstić information content (AvgIpc) is 2.60. The smallest absolute Gasteiger partial charge is 0.407 e. The van der Waals surface area contributed by atoms with E-state index >= 15 is 0 Å². The molecule has 0 aliphatic rings. The third-order valence-corrected chi connectivity index (χ3v) is 3.38. The molecule has 5 heteroatoms. The summed E-state index contributed by atoms with van der Waals surface area (Å²) >= 11 is 0. The molecule has 0 aliphatic carbocycles. The zero-order valence-corrected chi connectivity index (χ0v) is 13.0. The minimum absolute atomic E-state index is 0.174. The number of ether oxygens (including phenoxy) is 2. The Morgan fingerprint density at radius 3 is 2.30 bits per heavy atom. The van der Waals surface area contributed by atoms with E-state index < -0.39 is 18.2 Å². The van der Waals surface area contributed by atoms with Gasteiger partial charge in [0.15, 0.2) is 0 Å². The molecule has 0 heterocycles. The molecule has 0 aromatic heterocycles. The monoisotopic (exact) mass is 315 g/mol. The van der Waals surface area contributed by atoms with Crippen molar-refractivity contribution in [1.82, 2.24) is 5.32 Å². The SMILES string of the molecule is COC[C@@H](NC(=O)OCc1ccccc1)[C@H](O)c1ccccc1. The van der Waals surface area contributed by atoms with Crippen LogP contribution < -0.4 is 5.32 Å². The van der Waals surface area contributed by atoms with Gasteiger partial charge in [-0.2, -0.15) is 0 Å². The van der Waals surface area contributed by atoms with E-state index in [4.69, 9.17) is 9.47 Å². The van der Waals surface area contributed by atoms with Gasteiger partial charge in [-0.05, 0) is 11.1 Å². The van der Waals surface area contributed by atoms with E-state index in [9.17, 15) is 9.90 Å². The van der Waals surface area contributed by atoms with Crippen LogP contribution in [0.4, 0.5) is 4.79 Å². The molecule has 0 bridgehead atoms. The van der Waals surface area contributed by atoms with E-state index in [0.29, 0.717) is 5.56 Å². The summed E-state index contributed by atoms with van der Waals surface area (Å²) in [5.74, 6) is 0. The van der Waals surface area contributed by atoms with Crippen molar-refractivity contribution in [2.75, 3.05) is 13.7 Å². The second-order valence-electron chi connectivity index (χ2n) is 5.12. The second kappa shape index (κ2) is 8.92. The van der Waals surface area contributed by atoms with Crippen LogP contribution in [-0.2, 0) is 16.1 Å². The molecule has 0 spiro atoms. The van der Waals surface area contributed by atoms with Gasteiger partial charge in [0.05, 0.1) is 12.6 Å². The summed E-state index contributed by atoms with van der Waals surface area (Å²) in [4.78, 5) is 11.9. The topological polar surface area (TPSA) is 67.8 Å². The lowest BCUT2D eigenvalue weighted by Gasteiger charge is -2.23. The van der Waals surface area contributed by atoms with Gasteiger partial charge < -0.3 is 19.9 Å². The summed E-state index contributed by atoms with van der Waals surface area (Å²) in [5, 5.41) is 13.0. The Morgan fingerprint density at radius 1 is 1.09 bits per heavy atom. The summed E-state index contributed by atoms with van der Waals surface area (Å²) in [5.41, 5.74) is 1.60. The van der Waals surface area contributed by atoms with Crippen LogP contribution in [0.15, 0.2) is 60.7 Å². The summed E-state index contributed by atoms with van der Waals surface area (Å²) < 4.78 is 10.3. The van der Waals surface area contributed by atoms with E-state index in [1.54, 1.807) is 12.1 Å². The molecular formula is C18H21NO4. The molecule has 0 aliphatic heterocycles. The number of carbonyl (C=O) groups excluding carboxylic acids is 1. The van der Waals surface area contributed by atoms with Gasteiger partial charge in [0.1, 0.15) is 12.7 Å². The highest BCUT2D eigenvalue weighted by Gasteiger charge is 2.23. The largest absolute Gasteiger partial charge is 0.445 e. The normalized spacial score (nSPS) is 13.1. The van der Waals surface area contributed by atoms with Crippen LogP contribution in [-0.4, -0.2) is 31.0 Å². The van der Waals surface area contributed by atoms with E-state index in [2.05, 4.69) is 5.32 Å². The van der Waals surface area contributed by atoms with Crippen molar-refractivity contribution in [3.63, 3.8) is 0 Å².